The highest BCUT2D eigenvalue weighted by atomic mass is 127. The summed E-state index contributed by atoms with van der Waals surface area (Å²) in [6.07, 6.45) is 4.19. The van der Waals surface area contributed by atoms with Crippen LogP contribution in [0.25, 0.3) is 10.9 Å². The number of methoxy groups -OCH3 is 1. The molecule has 0 bridgehead atoms. The van der Waals surface area contributed by atoms with E-state index < -0.39 is 0 Å². The summed E-state index contributed by atoms with van der Waals surface area (Å²) in [6.45, 7) is 4.37. The highest BCUT2D eigenvalue weighted by Crippen LogP contribution is 2.19. The number of hydrogen-bond acceptors (Lipinski definition) is 2. The quantitative estimate of drug-likeness (QED) is 0.188. The molecule has 0 amide bonds. The minimum absolute atomic E-state index is 0. The van der Waals surface area contributed by atoms with Gasteiger partial charge in [0.15, 0.2) is 5.96 Å². The lowest BCUT2D eigenvalue weighted by molar-refractivity contribution is 0.410. The fourth-order valence-electron chi connectivity index (χ4n) is 3.16. The van der Waals surface area contributed by atoms with Gasteiger partial charge >= 0.3 is 0 Å². The third-order valence-corrected chi connectivity index (χ3v) is 4.53. The Labute approximate surface area is 184 Å². The second-order valence-electron chi connectivity index (χ2n) is 6.40. The van der Waals surface area contributed by atoms with Crippen molar-refractivity contribution in [3.8, 4) is 5.75 Å². The molecule has 0 radical (unpaired) electrons. The Morgan fingerprint density at radius 3 is 2.64 bits per heavy atom. The molecule has 0 saturated heterocycles. The lowest BCUT2D eigenvalue weighted by Crippen LogP contribution is -2.37. The van der Waals surface area contributed by atoms with E-state index in [-0.39, 0.29) is 24.0 Å². The van der Waals surface area contributed by atoms with Gasteiger partial charge in [-0.2, -0.15) is 0 Å². The number of nitrogens with zero attached hydrogens (tertiary/aromatic N) is 1. The number of H-pyrrole nitrogens is 1. The Morgan fingerprint density at radius 1 is 1.04 bits per heavy atom. The van der Waals surface area contributed by atoms with Crippen molar-refractivity contribution in [1.29, 1.82) is 0 Å². The first-order valence-electron chi connectivity index (χ1n) is 9.51. The van der Waals surface area contributed by atoms with Crippen molar-refractivity contribution in [3.05, 3.63) is 65.9 Å². The summed E-state index contributed by atoms with van der Waals surface area (Å²) in [7, 11) is 1.69. The van der Waals surface area contributed by atoms with Crippen LogP contribution in [0.2, 0.25) is 0 Å². The summed E-state index contributed by atoms with van der Waals surface area (Å²) in [5.41, 5.74) is 3.64. The molecule has 6 heteroatoms. The number of guanidine groups is 1. The third kappa shape index (κ3) is 5.89. The minimum atomic E-state index is 0. The van der Waals surface area contributed by atoms with Gasteiger partial charge in [0.05, 0.1) is 13.7 Å². The predicted octanol–water partition coefficient (Wildman–Crippen LogP) is 4.48. The number of aryl methyl sites for hydroxylation is 1. The van der Waals surface area contributed by atoms with Crippen molar-refractivity contribution in [3.63, 3.8) is 0 Å². The lowest BCUT2D eigenvalue weighted by Gasteiger charge is -2.12. The van der Waals surface area contributed by atoms with E-state index in [9.17, 15) is 0 Å². The van der Waals surface area contributed by atoms with E-state index in [1.165, 1.54) is 16.5 Å². The molecule has 1 aromatic heterocycles. The molecule has 28 heavy (non-hydrogen) atoms. The van der Waals surface area contributed by atoms with Crippen LogP contribution in [0, 0.1) is 0 Å². The zero-order valence-corrected chi connectivity index (χ0v) is 18.8. The lowest BCUT2D eigenvalue weighted by atomic mass is 10.1. The SMILES string of the molecule is CCNC(=NCc1ccccc1OC)NCCCc1c[nH]c2ccccc12.I. The Hall–Kier alpha value is -2.22. The Balaban J connectivity index is 0.00000280. The van der Waals surface area contributed by atoms with Crippen molar-refractivity contribution >= 4 is 40.8 Å². The number of halogens is 1. The normalized spacial score (nSPS) is 11.1. The first-order valence-corrected chi connectivity index (χ1v) is 9.51. The van der Waals surface area contributed by atoms with Crippen LogP contribution < -0.4 is 15.4 Å². The van der Waals surface area contributed by atoms with E-state index in [1.54, 1.807) is 7.11 Å². The zero-order valence-electron chi connectivity index (χ0n) is 16.5. The molecule has 3 aromatic rings. The molecule has 1 heterocycles. The van der Waals surface area contributed by atoms with E-state index in [0.29, 0.717) is 6.54 Å². The first-order chi connectivity index (χ1) is 13.3. The second-order valence-corrected chi connectivity index (χ2v) is 6.40. The number of rotatable bonds is 8. The molecule has 3 N–H and O–H groups in total. The molecule has 2 aromatic carbocycles. The second kappa shape index (κ2) is 11.6. The zero-order chi connectivity index (χ0) is 18.9. The average Bonchev–Trinajstić information content (AvgIpc) is 3.12. The van der Waals surface area contributed by atoms with Crippen LogP contribution in [0.15, 0.2) is 59.7 Å². The number of nitrogens with one attached hydrogen (secondary N) is 3. The Bertz CT molecular complexity index is 891. The average molecular weight is 492 g/mol. The fourth-order valence-corrected chi connectivity index (χ4v) is 3.16. The van der Waals surface area contributed by atoms with Crippen molar-refractivity contribution < 1.29 is 4.74 Å². The maximum absolute atomic E-state index is 5.40. The van der Waals surface area contributed by atoms with Crippen molar-refractivity contribution in [2.75, 3.05) is 20.2 Å². The molecule has 0 atom stereocenters. The minimum Gasteiger partial charge on any atom is -0.496 e. The van der Waals surface area contributed by atoms with Gasteiger partial charge in [-0.1, -0.05) is 36.4 Å². The van der Waals surface area contributed by atoms with Crippen molar-refractivity contribution in [2.45, 2.75) is 26.3 Å². The molecule has 0 aliphatic rings. The summed E-state index contributed by atoms with van der Waals surface area (Å²) in [4.78, 5) is 8.02. The number of ether oxygens (including phenoxy) is 1. The molecule has 5 nitrogen and oxygen atoms in total. The maximum atomic E-state index is 5.40. The monoisotopic (exact) mass is 492 g/mol. The number of para-hydroxylation sites is 2. The fraction of sp³-hybridized carbons (Fsp3) is 0.318. The van der Waals surface area contributed by atoms with Crippen LogP contribution >= 0.6 is 24.0 Å². The van der Waals surface area contributed by atoms with Gasteiger partial charge in [0.2, 0.25) is 0 Å². The van der Waals surface area contributed by atoms with E-state index in [4.69, 9.17) is 4.74 Å². The number of hydrogen-bond donors (Lipinski definition) is 3. The molecule has 0 saturated carbocycles. The summed E-state index contributed by atoms with van der Waals surface area (Å²) < 4.78 is 5.40. The summed E-state index contributed by atoms with van der Waals surface area (Å²) in [5, 5.41) is 8.05. The van der Waals surface area contributed by atoms with E-state index in [1.807, 2.05) is 24.3 Å². The van der Waals surface area contributed by atoms with Gasteiger partial charge in [-0.3, -0.25) is 0 Å². The number of benzene rings is 2. The first kappa shape index (κ1) is 22.1. The standard InChI is InChI=1S/C22H28N4O.HI/c1-3-23-22(26-16-18-9-4-7-13-21(18)27-2)24-14-8-10-17-15-25-20-12-6-5-11-19(17)20;/h4-7,9,11-13,15,25H,3,8,10,14,16H2,1-2H3,(H2,23,24,26);1H. The van der Waals surface area contributed by atoms with Gasteiger partial charge in [0, 0.05) is 35.8 Å². The van der Waals surface area contributed by atoms with Crippen LogP contribution in [0.1, 0.15) is 24.5 Å². The van der Waals surface area contributed by atoms with Gasteiger partial charge in [0.1, 0.15) is 5.75 Å². The van der Waals surface area contributed by atoms with Gasteiger partial charge < -0.3 is 20.4 Å². The number of aromatic amines is 1. The number of aliphatic imine (C=N–C) groups is 1. The van der Waals surface area contributed by atoms with Crippen LogP contribution in [-0.4, -0.2) is 31.1 Å². The van der Waals surface area contributed by atoms with Gasteiger partial charge in [0.25, 0.3) is 0 Å². The summed E-state index contributed by atoms with van der Waals surface area (Å²) in [5.74, 6) is 1.71. The Morgan fingerprint density at radius 2 is 1.82 bits per heavy atom. The Kier molecular flexibility index (Phi) is 9.13. The summed E-state index contributed by atoms with van der Waals surface area (Å²) >= 11 is 0. The predicted molar refractivity (Wildman–Crippen MR) is 128 cm³/mol. The van der Waals surface area contributed by atoms with E-state index in [0.717, 1.165) is 43.2 Å². The van der Waals surface area contributed by atoms with Crippen molar-refractivity contribution in [1.82, 2.24) is 15.6 Å². The third-order valence-electron chi connectivity index (χ3n) is 4.53. The summed E-state index contributed by atoms with van der Waals surface area (Å²) in [6, 6.07) is 16.4. The van der Waals surface area contributed by atoms with E-state index >= 15 is 0 Å². The highest BCUT2D eigenvalue weighted by Gasteiger charge is 2.04. The van der Waals surface area contributed by atoms with Crippen molar-refractivity contribution in [2.24, 2.45) is 4.99 Å². The van der Waals surface area contributed by atoms with Gasteiger partial charge in [-0.25, -0.2) is 4.99 Å². The largest absolute Gasteiger partial charge is 0.496 e. The van der Waals surface area contributed by atoms with E-state index in [2.05, 4.69) is 58.0 Å². The molecule has 0 spiro atoms. The van der Waals surface area contributed by atoms with Crippen LogP contribution in [0.3, 0.4) is 0 Å². The van der Waals surface area contributed by atoms with Crippen LogP contribution in [0.4, 0.5) is 0 Å². The van der Waals surface area contributed by atoms with Gasteiger partial charge in [-0.05, 0) is 37.5 Å². The molecule has 0 unspecified atom stereocenters. The molecule has 3 rings (SSSR count). The molecule has 0 fully saturated rings. The van der Waals surface area contributed by atoms with Gasteiger partial charge in [-0.15, -0.1) is 24.0 Å². The number of fused-ring (bicyclic) bond motifs is 1. The molecule has 0 aliphatic heterocycles. The van der Waals surface area contributed by atoms with Crippen LogP contribution in [-0.2, 0) is 13.0 Å². The smallest absolute Gasteiger partial charge is 0.191 e. The topological polar surface area (TPSA) is 61.4 Å². The molecular formula is C22H29IN4O. The maximum Gasteiger partial charge on any atom is 0.191 e. The molecule has 0 aliphatic carbocycles. The molecule has 150 valence electrons. The highest BCUT2D eigenvalue weighted by molar-refractivity contribution is 14.0. The number of aromatic nitrogens is 1. The van der Waals surface area contributed by atoms with Crippen LogP contribution in [0.5, 0.6) is 5.75 Å². The molecular weight excluding hydrogens is 463 g/mol.